The topological polar surface area (TPSA) is 62.6 Å². The predicted octanol–water partition coefficient (Wildman–Crippen LogP) is 3.32. The zero-order valence-corrected chi connectivity index (χ0v) is 15.1. The highest BCUT2D eigenvalue weighted by atomic mass is 32.2. The lowest BCUT2D eigenvalue weighted by Crippen LogP contribution is -2.46. The van der Waals surface area contributed by atoms with Gasteiger partial charge in [0.05, 0.1) is 6.26 Å². The molecule has 1 aromatic carbocycles. The number of furan rings is 1. The first-order chi connectivity index (χ1) is 12.6. The standard InChI is InChI=1S/C19H21FN2O3S/c20-15-4-1-2-6-17(15)26-13-9-18(23)21-14-7-10-22(11-8-14)19(24)16-5-3-12-25-16/h1-6,12,14H,7-11,13H2,(H,21,23). The Labute approximate surface area is 155 Å². The lowest BCUT2D eigenvalue weighted by molar-refractivity contribution is -0.121. The summed E-state index contributed by atoms with van der Waals surface area (Å²) >= 11 is 1.34. The van der Waals surface area contributed by atoms with Crippen LogP contribution in [-0.4, -0.2) is 41.6 Å². The molecular formula is C19H21FN2O3S. The minimum absolute atomic E-state index is 0.0374. The number of carbonyl (C=O) groups is 2. The molecule has 26 heavy (non-hydrogen) atoms. The summed E-state index contributed by atoms with van der Waals surface area (Å²) in [6, 6.07) is 9.98. The molecule has 0 spiro atoms. The van der Waals surface area contributed by atoms with Gasteiger partial charge in [-0.1, -0.05) is 12.1 Å². The van der Waals surface area contributed by atoms with E-state index >= 15 is 0 Å². The molecule has 0 unspecified atom stereocenters. The highest BCUT2D eigenvalue weighted by Gasteiger charge is 2.25. The third kappa shape index (κ3) is 4.88. The molecule has 0 atom stereocenters. The molecule has 3 rings (SSSR count). The number of likely N-dealkylation sites (tertiary alicyclic amines) is 1. The molecule has 1 saturated heterocycles. The maximum Gasteiger partial charge on any atom is 0.289 e. The molecule has 5 nitrogen and oxygen atoms in total. The van der Waals surface area contributed by atoms with Crippen molar-refractivity contribution in [1.82, 2.24) is 10.2 Å². The highest BCUT2D eigenvalue weighted by Crippen LogP contribution is 2.22. The van der Waals surface area contributed by atoms with E-state index in [-0.39, 0.29) is 23.7 Å². The van der Waals surface area contributed by atoms with E-state index < -0.39 is 0 Å². The van der Waals surface area contributed by atoms with Crippen molar-refractivity contribution in [2.45, 2.75) is 30.2 Å². The van der Waals surface area contributed by atoms with Gasteiger partial charge in [0, 0.05) is 36.2 Å². The van der Waals surface area contributed by atoms with E-state index in [9.17, 15) is 14.0 Å². The average Bonchev–Trinajstić information content (AvgIpc) is 3.18. The molecule has 1 aliphatic heterocycles. The number of benzene rings is 1. The van der Waals surface area contributed by atoms with Crippen molar-refractivity contribution in [3.05, 3.63) is 54.2 Å². The van der Waals surface area contributed by atoms with Crippen LogP contribution in [0.2, 0.25) is 0 Å². The number of piperidine rings is 1. The maximum absolute atomic E-state index is 13.5. The number of nitrogens with zero attached hydrogens (tertiary/aromatic N) is 1. The number of hydrogen-bond donors (Lipinski definition) is 1. The van der Waals surface area contributed by atoms with Gasteiger partial charge in [0.1, 0.15) is 5.82 Å². The van der Waals surface area contributed by atoms with Gasteiger partial charge in [-0.3, -0.25) is 9.59 Å². The van der Waals surface area contributed by atoms with Crippen LogP contribution in [0.5, 0.6) is 0 Å². The van der Waals surface area contributed by atoms with Crippen LogP contribution in [0, 0.1) is 5.82 Å². The van der Waals surface area contributed by atoms with Gasteiger partial charge < -0.3 is 14.6 Å². The first kappa shape index (κ1) is 18.5. The van der Waals surface area contributed by atoms with Crippen molar-refractivity contribution in [2.75, 3.05) is 18.8 Å². The first-order valence-corrected chi connectivity index (χ1v) is 9.61. The molecule has 1 fully saturated rings. The molecular weight excluding hydrogens is 355 g/mol. The Morgan fingerprint density at radius 2 is 1.96 bits per heavy atom. The summed E-state index contributed by atoms with van der Waals surface area (Å²) in [5.41, 5.74) is 0. The second kappa shape index (κ2) is 8.89. The smallest absolute Gasteiger partial charge is 0.289 e. The van der Waals surface area contributed by atoms with Crippen molar-refractivity contribution in [2.24, 2.45) is 0 Å². The lowest BCUT2D eigenvalue weighted by atomic mass is 10.0. The number of thioether (sulfide) groups is 1. The molecule has 0 saturated carbocycles. The van der Waals surface area contributed by atoms with Gasteiger partial charge in [-0.15, -0.1) is 11.8 Å². The van der Waals surface area contributed by atoms with Crippen LogP contribution < -0.4 is 5.32 Å². The largest absolute Gasteiger partial charge is 0.459 e. The summed E-state index contributed by atoms with van der Waals surface area (Å²) in [5, 5.41) is 3.01. The summed E-state index contributed by atoms with van der Waals surface area (Å²) in [7, 11) is 0. The van der Waals surface area contributed by atoms with E-state index in [1.54, 1.807) is 35.2 Å². The molecule has 7 heteroatoms. The Morgan fingerprint density at radius 1 is 1.19 bits per heavy atom. The van der Waals surface area contributed by atoms with Crippen LogP contribution in [0.1, 0.15) is 29.8 Å². The molecule has 0 aliphatic carbocycles. The van der Waals surface area contributed by atoms with Crippen LogP contribution in [0.3, 0.4) is 0 Å². The molecule has 0 radical (unpaired) electrons. The summed E-state index contributed by atoms with van der Waals surface area (Å²) < 4.78 is 18.7. The van der Waals surface area contributed by atoms with Crippen LogP contribution in [0.25, 0.3) is 0 Å². The monoisotopic (exact) mass is 376 g/mol. The minimum atomic E-state index is -0.258. The molecule has 2 aromatic rings. The van der Waals surface area contributed by atoms with Gasteiger partial charge >= 0.3 is 0 Å². The Hall–Kier alpha value is -2.28. The molecule has 1 aromatic heterocycles. The number of rotatable bonds is 6. The second-order valence-corrected chi connectivity index (χ2v) is 7.28. The van der Waals surface area contributed by atoms with Crippen LogP contribution in [0.15, 0.2) is 52.0 Å². The first-order valence-electron chi connectivity index (χ1n) is 8.63. The molecule has 1 aliphatic rings. The van der Waals surface area contributed by atoms with Gasteiger partial charge in [-0.25, -0.2) is 4.39 Å². The Morgan fingerprint density at radius 3 is 2.65 bits per heavy atom. The van der Waals surface area contributed by atoms with Crippen molar-refractivity contribution < 1.29 is 18.4 Å². The summed E-state index contributed by atoms with van der Waals surface area (Å²) in [5.74, 6) is 0.470. The van der Waals surface area contributed by atoms with Gasteiger partial charge in [0.25, 0.3) is 5.91 Å². The third-order valence-electron chi connectivity index (χ3n) is 4.30. The van der Waals surface area contributed by atoms with Crippen molar-refractivity contribution in [3.63, 3.8) is 0 Å². The van der Waals surface area contributed by atoms with E-state index in [1.165, 1.54) is 24.1 Å². The van der Waals surface area contributed by atoms with Crippen molar-refractivity contribution in [1.29, 1.82) is 0 Å². The van der Waals surface area contributed by atoms with E-state index in [2.05, 4.69) is 5.32 Å². The zero-order chi connectivity index (χ0) is 18.4. The van der Waals surface area contributed by atoms with E-state index in [0.717, 1.165) is 12.8 Å². The number of hydrogen-bond acceptors (Lipinski definition) is 4. The Balaban J connectivity index is 1.37. The fourth-order valence-corrected chi connectivity index (χ4v) is 3.79. The molecule has 0 bridgehead atoms. The van der Waals surface area contributed by atoms with Crippen molar-refractivity contribution in [3.8, 4) is 0 Å². The maximum atomic E-state index is 13.5. The lowest BCUT2D eigenvalue weighted by Gasteiger charge is -2.31. The summed E-state index contributed by atoms with van der Waals surface area (Å²) in [6.45, 7) is 1.18. The van der Waals surface area contributed by atoms with E-state index in [1.807, 2.05) is 0 Å². The van der Waals surface area contributed by atoms with Crippen LogP contribution in [0.4, 0.5) is 4.39 Å². The average molecular weight is 376 g/mol. The highest BCUT2D eigenvalue weighted by molar-refractivity contribution is 7.99. The summed E-state index contributed by atoms with van der Waals surface area (Å²) in [6.07, 6.45) is 3.27. The molecule has 2 amide bonds. The number of nitrogens with one attached hydrogen (secondary N) is 1. The zero-order valence-electron chi connectivity index (χ0n) is 14.3. The van der Waals surface area contributed by atoms with Gasteiger partial charge in [0.15, 0.2) is 5.76 Å². The van der Waals surface area contributed by atoms with Gasteiger partial charge in [-0.2, -0.15) is 0 Å². The Bertz CT molecular complexity index is 743. The summed E-state index contributed by atoms with van der Waals surface area (Å²) in [4.78, 5) is 26.6. The van der Waals surface area contributed by atoms with Gasteiger partial charge in [0.2, 0.25) is 5.91 Å². The minimum Gasteiger partial charge on any atom is -0.459 e. The van der Waals surface area contributed by atoms with E-state index in [0.29, 0.717) is 35.9 Å². The molecule has 2 heterocycles. The second-order valence-electron chi connectivity index (χ2n) is 6.14. The fourth-order valence-electron chi connectivity index (χ4n) is 2.90. The number of carbonyl (C=O) groups excluding carboxylic acids is 2. The number of amides is 2. The Kier molecular flexibility index (Phi) is 6.33. The quantitative estimate of drug-likeness (QED) is 0.786. The van der Waals surface area contributed by atoms with Crippen molar-refractivity contribution >= 4 is 23.6 Å². The molecule has 1 N–H and O–H groups in total. The van der Waals surface area contributed by atoms with E-state index in [4.69, 9.17) is 4.42 Å². The fraction of sp³-hybridized carbons (Fsp3) is 0.368. The number of halogens is 1. The predicted molar refractivity (Wildman–Crippen MR) is 97.5 cm³/mol. The normalized spacial score (nSPS) is 15.0. The third-order valence-corrected chi connectivity index (χ3v) is 5.35. The van der Waals surface area contributed by atoms with Crippen LogP contribution >= 0.6 is 11.8 Å². The van der Waals surface area contributed by atoms with Crippen LogP contribution in [-0.2, 0) is 4.79 Å². The van der Waals surface area contributed by atoms with Gasteiger partial charge in [-0.05, 0) is 37.1 Å². The SMILES string of the molecule is O=C(CCSc1ccccc1F)NC1CCN(C(=O)c2ccco2)CC1. The molecule has 138 valence electrons.